The molecular weight excluding hydrogens is 476 g/mol. The van der Waals surface area contributed by atoms with E-state index in [2.05, 4.69) is 5.32 Å². The van der Waals surface area contributed by atoms with Crippen molar-refractivity contribution in [2.75, 3.05) is 19.7 Å². The van der Waals surface area contributed by atoms with Crippen molar-refractivity contribution in [3.63, 3.8) is 0 Å². The van der Waals surface area contributed by atoms with Gasteiger partial charge in [-0.05, 0) is 58.2 Å². The predicted molar refractivity (Wildman–Crippen MR) is 139 cm³/mol. The minimum absolute atomic E-state index is 0.0486. The number of rotatable bonds is 16. The van der Waals surface area contributed by atoms with Crippen molar-refractivity contribution in [3.8, 4) is 5.75 Å². The van der Waals surface area contributed by atoms with Crippen LogP contribution in [-0.4, -0.2) is 59.5 Å². The van der Waals surface area contributed by atoms with Crippen LogP contribution in [0.4, 0.5) is 0 Å². The van der Waals surface area contributed by atoms with E-state index < -0.39 is 11.2 Å². The van der Waals surface area contributed by atoms with Crippen molar-refractivity contribution in [2.45, 2.75) is 84.5 Å². The molecule has 1 N–H and O–H groups in total. The molecule has 1 aliphatic heterocycles. The smallest absolute Gasteiger partial charge is 0.302 e. The van der Waals surface area contributed by atoms with Gasteiger partial charge in [-0.15, -0.1) is 0 Å². The van der Waals surface area contributed by atoms with E-state index in [-0.39, 0.29) is 30.3 Å². The van der Waals surface area contributed by atoms with E-state index in [1.165, 1.54) is 24.0 Å². The number of benzene rings is 1. The van der Waals surface area contributed by atoms with Crippen molar-refractivity contribution in [1.29, 1.82) is 0 Å². The molecule has 37 heavy (non-hydrogen) atoms. The van der Waals surface area contributed by atoms with Crippen LogP contribution in [0.25, 0.3) is 0 Å². The lowest BCUT2D eigenvalue weighted by atomic mass is 10.0. The maximum absolute atomic E-state index is 12.2. The van der Waals surface area contributed by atoms with E-state index in [0.29, 0.717) is 45.4 Å². The third kappa shape index (κ3) is 11.6. The van der Waals surface area contributed by atoms with E-state index in [9.17, 15) is 19.2 Å². The van der Waals surface area contributed by atoms with Gasteiger partial charge in [0.1, 0.15) is 18.0 Å². The van der Waals surface area contributed by atoms with Crippen LogP contribution in [0.1, 0.15) is 72.3 Å². The summed E-state index contributed by atoms with van der Waals surface area (Å²) < 4.78 is 17.1. The highest BCUT2D eigenvalue weighted by molar-refractivity contribution is 6.12. The molecule has 0 radical (unpaired) electrons. The molecule has 0 saturated carbocycles. The number of carbonyl (C=O) groups excluding carboxylic acids is 4. The number of unbranched alkanes of at least 4 members (excludes halogenated alkanes) is 2. The Morgan fingerprint density at radius 3 is 2.19 bits per heavy atom. The third-order valence-electron chi connectivity index (χ3n) is 5.85. The predicted octanol–water partition coefficient (Wildman–Crippen LogP) is 3.69. The molecule has 0 bridgehead atoms. The van der Waals surface area contributed by atoms with Gasteiger partial charge in [0.05, 0.1) is 12.2 Å². The summed E-state index contributed by atoms with van der Waals surface area (Å²) in [7, 11) is 0. The Labute approximate surface area is 219 Å². The largest absolute Gasteiger partial charge is 0.488 e. The van der Waals surface area contributed by atoms with Crippen LogP contribution in [-0.2, 0) is 35.3 Å². The second-order valence-electron chi connectivity index (χ2n) is 10.4. The first-order valence-corrected chi connectivity index (χ1v) is 12.7. The molecule has 0 aliphatic carbocycles. The number of hydrogen-bond donors (Lipinski definition) is 1. The highest BCUT2D eigenvalue weighted by Gasteiger charge is 2.25. The van der Waals surface area contributed by atoms with Crippen molar-refractivity contribution < 1.29 is 33.4 Å². The minimum Gasteiger partial charge on any atom is -0.488 e. The summed E-state index contributed by atoms with van der Waals surface area (Å²) in [5.74, 6) is -0.186. The van der Waals surface area contributed by atoms with Gasteiger partial charge in [0.2, 0.25) is 5.91 Å². The molecule has 1 heterocycles. The van der Waals surface area contributed by atoms with Crippen molar-refractivity contribution in [2.24, 2.45) is 0 Å². The molecule has 0 atom stereocenters. The molecule has 204 valence electrons. The number of imide groups is 1. The van der Waals surface area contributed by atoms with Crippen LogP contribution in [0.5, 0.6) is 5.75 Å². The fraction of sp³-hybridized carbons (Fsp3) is 0.571. The Morgan fingerprint density at radius 1 is 0.919 bits per heavy atom. The second-order valence-corrected chi connectivity index (χ2v) is 10.4. The summed E-state index contributed by atoms with van der Waals surface area (Å²) in [6.45, 7) is 10.7. The summed E-state index contributed by atoms with van der Waals surface area (Å²) in [4.78, 5) is 47.4. The Hall–Kier alpha value is -3.20. The zero-order valence-corrected chi connectivity index (χ0v) is 22.6. The highest BCUT2D eigenvalue weighted by Crippen LogP contribution is 2.23. The van der Waals surface area contributed by atoms with Crippen molar-refractivity contribution >= 4 is 23.7 Å². The van der Waals surface area contributed by atoms with E-state index in [1.807, 2.05) is 52.0 Å². The summed E-state index contributed by atoms with van der Waals surface area (Å²) in [5.41, 5.74) is -0.106. The number of hydrogen-bond acceptors (Lipinski definition) is 7. The zero-order chi connectivity index (χ0) is 27.5. The van der Waals surface area contributed by atoms with Crippen LogP contribution in [0.2, 0.25) is 0 Å². The van der Waals surface area contributed by atoms with Gasteiger partial charge in [-0.1, -0.05) is 18.6 Å². The fourth-order valence-corrected chi connectivity index (χ4v) is 3.62. The average molecular weight is 517 g/mol. The molecule has 0 unspecified atom stereocenters. The van der Waals surface area contributed by atoms with Gasteiger partial charge in [-0.3, -0.25) is 24.1 Å². The number of ether oxygens (including phenoxy) is 3. The van der Waals surface area contributed by atoms with Crippen LogP contribution in [0.15, 0.2) is 36.4 Å². The molecule has 1 aromatic rings. The Bertz CT molecular complexity index is 949. The fourth-order valence-electron chi connectivity index (χ4n) is 3.62. The number of amides is 3. The topological polar surface area (TPSA) is 111 Å². The SMILES string of the molecule is CC(=O)OCc1ccc(OC(C)(C)CCOC(C)(C)CNC(=O)CCCCCN2C(=O)C=CC2=O)cc1. The Morgan fingerprint density at radius 2 is 1.57 bits per heavy atom. The monoisotopic (exact) mass is 516 g/mol. The molecule has 3 amide bonds. The quantitative estimate of drug-likeness (QED) is 0.203. The molecule has 0 aromatic heterocycles. The van der Waals surface area contributed by atoms with E-state index in [1.54, 1.807) is 0 Å². The number of esters is 1. The van der Waals surface area contributed by atoms with Crippen LogP contribution < -0.4 is 10.1 Å². The molecule has 1 aliphatic rings. The molecule has 1 aromatic carbocycles. The maximum Gasteiger partial charge on any atom is 0.302 e. The van der Waals surface area contributed by atoms with E-state index in [4.69, 9.17) is 14.2 Å². The first-order valence-electron chi connectivity index (χ1n) is 12.7. The molecule has 0 fully saturated rings. The summed E-state index contributed by atoms with van der Waals surface area (Å²) in [6, 6.07) is 7.43. The van der Waals surface area contributed by atoms with Crippen LogP contribution >= 0.6 is 0 Å². The lowest BCUT2D eigenvalue weighted by Gasteiger charge is -2.30. The normalized spacial score (nSPS) is 13.7. The van der Waals surface area contributed by atoms with Crippen LogP contribution in [0.3, 0.4) is 0 Å². The number of nitrogens with one attached hydrogen (secondary N) is 1. The third-order valence-corrected chi connectivity index (χ3v) is 5.85. The molecule has 9 nitrogen and oxygen atoms in total. The van der Waals surface area contributed by atoms with Gasteiger partial charge < -0.3 is 19.5 Å². The minimum atomic E-state index is -0.534. The zero-order valence-electron chi connectivity index (χ0n) is 22.6. The molecule has 0 spiro atoms. The summed E-state index contributed by atoms with van der Waals surface area (Å²) in [5, 5.41) is 2.92. The maximum atomic E-state index is 12.2. The lowest BCUT2D eigenvalue weighted by molar-refractivity contribution is -0.142. The number of nitrogens with zero attached hydrogens (tertiary/aromatic N) is 1. The van der Waals surface area contributed by atoms with Crippen LogP contribution in [0, 0.1) is 0 Å². The summed E-state index contributed by atoms with van der Waals surface area (Å²) in [6.07, 6.45) is 5.72. The van der Waals surface area contributed by atoms with Gasteiger partial charge >= 0.3 is 5.97 Å². The standard InChI is InChI=1S/C28H40N2O7/c1-21(31)35-19-22-10-12-23(13-11-22)37-27(2,3)16-18-36-28(4,5)20-29-24(32)9-7-6-8-17-30-25(33)14-15-26(30)34/h10-15H,6-9,16-20H2,1-5H3,(H,29,32). The number of carbonyl (C=O) groups is 4. The molecule has 0 saturated heterocycles. The van der Waals surface area contributed by atoms with E-state index >= 15 is 0 Å². The lowest BCUT2D eigenvalue weighted by Crippen LogP contribution is -2.41. The van der Waals surface area contributed by atoms with Gasteiger partial charge in [0, 0.05) is 45.0 Å². The first-order chi connectivity index (χ1) is 17.4. The average Bonchev–Trinajstić information content (AvgIpc) is 3.13. The molecular formula is C28H40N2O7. The molecule has 9 heteroatoms. The van der Waals surface area contributed by atoms with Gasteiger partial charge in [0.25, 0.3) is 11.8 Å². The van der Waals surface area contributed by atoms with Crippen molar-refractivity contribution in [1.82, 2.24) is 10.2 Å². The first kappa shape index (κ1) is 30.0. The van der Waals surface area contributed by atoms with Gasteiger partial charge in [-0.2, -0.15) is 0 Å². The molecule has 2 rings (SSSR count). The van der Waals surface area contributed by atoms with Gasteiger partial charge in [0.15, 0.2) is 0 Å². The second kappa shape index (κ2) is 13.9. The Balaban J connectivity index is 1.60. The van der Waals surface area contributed by atoms with E-state index in [0.717, 1.165) is 17.7 Å². The van der Waals surface area contributed by atoms with Gasteiger partial charge in [-0.25, -0.2) is 0 Å². The Kier molecular flexibility index (Phi) is 11.3. The highest BCUT2D eigenvalue weighted by atomic mass is 16.5. The summed E-state index contributed by atoms with van der Waals surface area (Å²) >= 11 is 0. The van der Waals surface area contributed by atoms with Crippen molar-refractivity contribution in [3.05, 3.63) is 42.0 Å².